The first kappa shape index (κ1) is 15.2. The van der Waals surface area contributed by atoms with Crippen LogP contribution in [0.5, 0.6) is 5.75 Å². The van der Waals surface area contributed by atoms with Crippen molar-refractivity contribution in [2.75, 3.05) is 5.88 Å². The Bertz CT molecular complexity index is 517. The lowest BCUT2D eigenvalue weighted by Gasteiger charge is -2.32. The highest BCUT2D eigenvalue weighted by Crippen LogP contribution is 2.32. The molecule has 108 valence electrons. The molecule has 1 nitrogen and oxygen atoms in total. The first-order valence-corrected chi connectivity index (χ1v) is 7.64. The topological polar surface area (TPSA) is 9.23 Å². The highest BCUT2D eigenvalue weighted by atomic mass is 35.5. The van der Waals surface area contributed by atoms with Crippen molar-refractivity contribution in [3.05, 3.63) is 29.6 Å². The summed E-state index contributed by atoms with van der Waals surface area (Å²) < 4.78 is 19.7. The average Bonchev–Trinajstić information content (AvgIpc) is 2.44. The quantitative estimate of drug-likeness (QED) is 0.571. The van der Waals surface area contributed by atoms with Crippen molar-refractivity contribution in [2.24, 2.45) is 11.8 Å². The maximum Gasteiger partial charge on any atom is 0.165 e. The molecule has 0 amide bonds. The molecule has 0 bridgehead atoms. The first-order chi connectivity index (χ1) is 9.60. The van der Waals surface area contributed by atoms with Crippen LogP contribution in [0.25, 0.3) is 0 Å². The zero-order valence-electron chi connectivity index (χ0n) is 12.0. The van der Waals surface area contributed by atoms with E-state index in [1.54, 1.807) is 12.1 Å². The highest BCUT2D eigenvalue weighted by Gasteiger charge is 2.26. The van der Waals surface area contributed by atoms with E-state index in [1.807, 2.05) is 0 Å². The molecule has 0 radical (unpaired) electrons. The molecular formula is C17H20ClFO. The van der Waals surface area contributed by atoms with Crippen LogP contribution in [0.15, 0.2) is 18.2 Å². The van der Waals surface area contributed by atoms with Gasteiger partial charge in [-0.1, -0.05) is 25.7 Å². The molecule has 3 atom stereocenters. The van der Waals surface area contributed by atoms with Gasteiger partial charge < -0.3 is 4.74 Å². The standard InChI is InChI=1S/C17H20ClFO/c1-12-5-7-15(10-13(12)2)20-17-11-14(4-3-9-18)6-8-16(17)19/h6,8,11-13,15H,5,7,9-10H2,1-2H3. The summed E-state index contributed by atoms with van der Waals surface area (Å²) >= 11 is 5.53. The van der Waals surface area contributed by atoms with Gasteiger partial charge in [0.25, 0.3) is 0 Å². The lowest BCUT2D eigenvalue weighted by Crippen LogP contribution is -2.29. The number of alkyl halides is 1. The third kappa shape index (κ3) is 3.90. The predicted molar refractivity (Wildman–Crippen MR) is 80.6 cm³/mol. The maximum absolute atomic E-state index is 13.8. The summed E-state index contributed by atoms with van der Waals surface area (Å²) in [6.07, 6.45) is 3.21. The molecule has 1 saturated carbocycles. The molecule has 0 N–H and O–H groups in total. The van der Waals surface area contributed by atoms with E-state index in [4.69, 9.17) is 16.3 Å². The Morgan fingerprint density at radius 1 is 1.30 bits per heavy atom. The minimum atomic E-state index is -0.326. The Balaban J connectivity index is 2.08. The zero-order chi connectivity index (χ0) is 14.5. The van der Waals surface area contributed by atoms with E-state index in [9.17, 15) is 4.39 Å². The van der Waals surface area contributed by atoms with Crippen molar-refractivity contribution < 1.29 is 9.13 Å². The summed E-state index contributed by atoms with van der Waals surface area (Å²) in [5.41, 5.74) is 0.735. The van der Waals surface area contributed by atoms with Crippen molar-refractivity contribution in [3.63, 3.8) is 0 Å². The van der Waals surface area contributed by atoms with Gasteiger partial charge in [-0.25, -0.2) is 4.39 Å². The van der Waals surface area contributed by atoms with E-state index in [-0.39, 0.29) is 17.8 Å². The SMILES string of the molecule is CC1CCC(Oc2cc(C#CCCl)ccc2F)CC1C. The zero-order valence-corrected chi connectivity index (χ0v) is 12.7. The number of rotatable bonds is 2. The molecule has 3 unspecified atom stereocenters. The largest absolute Gasteiger partial charge is 0.487 e. The molecule has 0 saturated heterocycles. The summed E-state index contributed by atoms with van der Waals surface area (Å²) in [6.45, 7) is 4.50. The van der Waals surface area contributed by atoms with Crippen LogP contribution < -0.4 is 4.74 Å². The van der Waals surface area contributed by atoms with Gasteiger partial charge in [0.2, 0.25) is 0 Å². The fourth-order valence-electron chi connectivity index (χ4n) is 2.59. The molecule has 0 heterocycles. The van der Waals surface area contributed by atoms with Crippen LogP contribution in [0.1, 0.15) is 38.7 Å². The Morgan fingerprint density at radius 3 is 2.80 bits per heavy atom. The number of benzene rings is 1. The summed E-state index contributed by atoms with van der Waals surface area (Å²) in [5, 5.41) is 0. The van der Waals surface area contributed by atoms with Gasteiger partial charge in [-0.05, 0) is 49.3 Å². The predicted octanol–water partition coefficient (Wildman–Crippen LogP) is 4.62. The molecule has 0 spiro atoms. The number of hydrogen-bond acceptors (Lipinski definition) is 1. The summed E-state index contributed by atoms with van der Waals surface area (Å²) in [4.78, 5) is 0. The monoisotopic (exact) mass is 294 g/mol. The van der Waals surface area contributed by atoms with Crippen LogP contribution in [-0.2, 0) is 0 Å². The van der Waals surface area contributed by atoms with Crippen LogP contribution in [0.4, 0.5) is 4.39 Å². The van der Waals surface area contributed by atoms with Crippen molar-refractivity contribution in [3.8, 4) is 17.6 Å². The van der Waals surface area contributed by atoms with E-state index in [0.29, 0.717) is 11.7 Å². The van der Waals surface area contributed by atoms with Gasteiger partial charge in [0.05, 0.1) is 12.0 Å². The molecule has 1 fully saturated rings. The second-order valence-corrected chi connectivity index (χ2v) is 5.86. The molecule has 1 aliphatic rings. The summed E-state index contributed by atoms with van der Waals surface area (Å²) in [6, 6.07) is 4.72. The van der Waals surface area contributed by atoms with Crippen molar-refractivity contribution in [1.29, 1.82) is 0 Å². The van der Waals surface area contributed by atoms with Crippen LogP contribution >= 0.6 is 11.6 Å². The number of hydrogen-bond donors (Lipinski definition) is 0. The minimum absolute atomic E-state index is 0.104. The second-order valence-electron chi connectivity index (χ2n) is 5.59. The van der Waals surface area contributed by atoms with Gasteiger partial charge in [0, 0.05) is 5.56 Å². The lowest BCUT2D eigenvalue weighted by molar-refractivity contribution is 0.0968. The van der Waals surface area contributed by atoms with Gasteiger partial charge in [-0.3, -0.25) is 0 Å². The Labute approximate surface area is 125 Å². The van der Waals surface area contributed by atoms with Crippen molar-refractivity contribution >= 4 is 11.6 Å². The van der Waals surface area contributed by atoms with E-state index >= 15 is 0 Å². The van der Waals surface area contributed by atoms with E-state index in [0.717, 1.165) is 30.7 Å². The first-order valence-electron chi connectivity index (χ1n) is 7.11. The Morgan fingerprint density at radius 2 is 2.10 bits per heavy atom. The van der Waals surface area contributed by atoms with Gasteiger partial charge in [0.15, 0.2) is 11.6 Å². The fraction of sp³-hybridized carbons (Fsp3) is 0.529. The molecule has 3 heteroatoms. The lowest BCUT2D eigenvalue weighted by atomic mass is 9.80. The summed E-state index contributed by atoms with van der Waals surface area (Å²) in [5.74, 6) is 7.24. The van der Waals surface area contributed by atoms with Crippen molar-refractivity contribution in [1.82, 2.24) is 0 Å². The smallest absolute Gasteiger partial charge is 0.165 e. The third-order valence-electron chi connectivity index (χ3n) is 4.07. The van der Waals surface area contributed by atoms with Crippen LogP contribution in [0, 0.1) is 29.5 Å². The summed E-state index contributed by atoms with van der Waals surface area (Å²) in [7, 11) is 0. The molecule has 1 aromatic rings. The van der Waals surface area contributed by atoms with Gasteiger partial charge in [-0.2, -0.15) is 0 Å². The van der Waals surface area contributed by atoms with Crippen LogP contribution in [0.3, 0.4) is 0 Å². The average molecular weight is 295 g/mol. The van der Waals surface area contributed by atoms with E-state index in [1.165, 1.54) is 6.07 Å². The molecule has 2 rings (SSSR count). The van der Waals surface area contributed by atoms with Crippen LogP contribution in [-0.4, -0.2) is 12.0 Å². The van der Waals surface area contributed by atoms with Crippen LogP contribution in [0.2, 0.25) is 0 Å². The molecule has 20 heavy (non-hydrogen) atoms. The minimum Gasteiger partial charge on any atom is -0.487 e. The van der Waals surface area contributed by atoms with E-state index < -0.39 is 0 Å². The molecule has 1 aromatic carbocycles. The maximum atomic E-state index is 13.8. The second kappa shape index (κ2) is 6.99. The van der Waals surface area contributed by atoms with Gasteiger partial charge in [-0.15, -0.1) is 11.6 Å². The molecule has 1 aliphatic carbocycles. The number of halogens is 2. The van der Waals surface area contributed by atoms with Crippen molar-refractivity contribution in [2.45, 2.75) is 39.2 Å². The Kier molecular flexibility index (Phi) is 5.31. The molecule has 0 aromatic heterocycles. The highest BCUT2D eigenvalue weighted by molar-refractivity contribution is 6.19. The van der Waals surface area contributed by atoms with Gasteiger partial charge in [0.1, 0.15) is 0 Å². The normalized spacial score (nSPS) is 25.7. The molecule has 0 aliphatic heterocycles. The van der Waals surface area contributed by atoms with E-state index in [2.05, 4.69) is 25.7 Å². The number of ether oxygens (including phenoxy) is 1. The molecular weight excluding hydrogens is 275 g/mol. The fourth-order valence-corrected chi connectivity index (χ4v) is 2.66. The van der Waals surface area contributed by atoms with Gasteiger partial charge >= 0.3 is 0 Å². The Hall–Kier alpha value is -1.20. The third-order valence-corrected chi connectivity index (χ3v) is 4.21.